The number of nitrogens with zero attached hydrogens (tertiary/aromatic N) is 1. The van der Waals surface area contributed by atoms with Crippen LogP contribution in [0.4, 0.5) is 11.5 Å². The van der Waals surface area contributed by atoms with Crippen LogP contribution in [0.25, 0.3) is 0 Å². The monoisotopic (exact) mass is 272 g/mol. The number of para-hydroxylation sites is 2. The van der Waals surface area contributed by atoms with E-state index in [0.29, 0.717) is 18.1 Å². The van der Waals surface area contributed by atoms with E-state index in [0.717, 1.165) is 16.9 Å². The number of carbonyl (C=O) groups is 1. The number of aromatic nitrogens is 2. The first-order chi connectivity index (χ1) is 9.65. The van der Waals surface area contributed by atoms with Gasteiger partial charge in [-0.05, 0) is 26.0 Å². The summed E-state index contributed by atoms with van der Waals surface area (Å²) in [6, 6.07) is 7.56. The summed E-state index contributed by atoms with van der Waals surface area (Å²) in [5, 5.41) is 12.9. The molecule has 104 valence electrons. The molecule has 1 aromatic heterocycles. The maximum Gasteiger partial charge on any atom is 0.268 e. The molecule has 1 aromatic carbocycles. The highest BCUT2D eigenvalue weighted by atomic mass is 16.5. The summed E-state index contributed by atoms with van der Waals surface area (Å²) >= 11 is 0. The zero-order valence-electron chi connectivity index (χ0n) is 11.4. The molecule has 1 aliphatic heterocycles. The number of fused-ring (bicyclic) bond motifs is 1. The highest BCUT2D eigenvalue weighted by molar-refractivity contribution is 5.95. The molecule has 0 fully saturated rings. The van der Waals surface area contributed by atoms with Crippen molar-refractivity contribution in [1.29, 1.82) is 0 Å². The van der Waals surface area contributed by atoms with Crippen LogP contribution < -0.4 is 15.4 Å². The van der Waals surface area contributed by atoms with Crippen molar-refractivity contribution in [2.75, 3.05) is 17.2 Å². The minimum atomic E-state index is -0.568. The quantitative estimate of drug-likeness (QED) is 0.779. The van der Waals surface area contributed by atoms with Crippen LogP contribution in [-0.2, 0) is 4.79 Å². The van der Waals surface area contributed by atoms with Crippen molar-refractivity contribution < 1.29 is 9.53 Å². The molecule has 3 rings (SSSR count). The van der Waals surface area contributed by atoms with Crippen molar-refractivity contribution in [2.24, 2.45) is 0 Å². The average Bonchev–Trinajstić information content (AvgIpc) is 2.78. The van der Waals surface area contributed by atoms with E-state index in [2.05, 4.69) is 20.8 Å². The lowest BCUT2D eigenvalue weighted by atomic mass is 10.2. The van der Waals surface area contributed by atoms with Gasteiger partial charge in [-0.1, -0.05) is 12.1 Å². The van der Waals surface area contributed by atoms with Gasteiger partial charge in [-0.2, -0.15) is 5.10 Å². The third-order valence-electron chi connectivity index (χ3n) is 3.42. The third kappa shape index (κ3) is 2.20. The van der Waals surface area contributed by atoms with E-state index in [1.54, 1.807) is 0 Å². The highest BCUT2D eigenvalue weighted by Gasteiger charge is 2.26. The Hall–Kier alpha value is -2.50. The highest BCUT2D eigenvalue weighted by Crippen LogP contribution is 2.28. The number of amides is 1. The van der Waals surface area contributed by atoms with E-state index >= 15 is 0 Å². The second-order valence-electron chi connectivity index (χ2n) is 4.80. The lowest BCUT2D eigenvalue weighted by molar-refractivity contribution is -0.122. The molecule has 0 saturated heterocycles. The summed E-state index contributed by atoms with van der Waals surface area (Å²) in [6.45, 7) is 4.25. The van der Waals surface area contributed by atoms with E-state index < -0.39 is 6.10 Å². The molecule has 20 heavy (non-hydrogen) atoms. The van der Waals surface area contributed by atoms with E-state index in [1.807, 2.05) is 38.1 Å². The second kappa shape index (κ2) is 4.88. The first-order valence-corrected chi connectivity index (χ1v) is 6.47. The predicted octanol–water partition coefficient (Wildman–Crippen LogP) is 1.84. The van der Waals surface area contributed by atoms with Gasteiger partial charge in [-0.15, -0.1) is 0 Å². The molecule has 6 nitrogen and oxygen atoms in total. The SMILES string of the molecule is Cc1[nH]nc(NC(=O)C2CNc3ccccc3O2)c1C. The topological polar surface area (TPSA) is 79.0 Å². The van der Waals surface area contributed by atoms with Crippen molar-refractivity contribution >= 4 is 17.4 Å². The molecule has 2 aromatic rings. The first-order valence-electron chi connectivity index (χ1n) is 6.47. The van der Waals surface area contributed by atoms with Crippen molar-refractivity contribution in [2.45, 2.75) is 20.0 Å². The van der Waals surface area contributed by atoms with Gasteiger partial charge in [-0.25, -0.2) is 0 Å². The molecule has 6 heteroatoms. The summed E-state index contributed by atoms with van der Waals surface area (Å²) in [5.41, 5.74) is 2.78. The molecule has 1 unspecified atom stereocenters. The van der Waals surface area contributed by atoms with Crippen molar-refractivity contribution in [3.05, 3.63) is 35.5 Å². The van der Waals surface area contributed by atoms with Gasteiger partial charge in [0.05, 0.1) is 12.2 Å². The minimum absolute atomic E-state index is 0.207. The molecule has 0 spiro atoms. The van der Waals surface area contributed by atoms with E-state index in [-0.39, 0.29) is 5.91 Å². The summed E-state index contributed by atoms with van der Waals surface area (Å²) in [5.74, 6) is 1.03. The van der Waals surface area contributed by atoms with Gasteiger partial charge in [0, 0.05) is 11.3 Å². The number of hydrogen-bond acceptors (Lipinski definition) is 4. The molecular weight excluding hydrogens is 256 g/mol. The summed E-state index contributed by atoms with van der Waals surface area (Å²) in [6.07, 6.45) is -0.568. The fourth-order valence-corrected chi connectivity index (χ4v) is 2.06. The number of rotatable bonds is 2. The lowest BCUT2D eigenvalue weighted by Gasteiger charge is -2.26. The maximum atomic E-state index is 12.2. The number of aryl methyl sites for hydroxylation is 1. The van der Waals surface area contributed by atoms with Crippen molar-refractivity contribution in [1.82, 2.24) is 10.2 Å². The Balaban J connectivity index is 1.72. The standard InChI is InChI=1S/C14H16N4O2/c1-8-9(2)17-18-13(8)16-14(19)12-7-15-10-5-3-4-6-11(10)20-12/h3-6,12,15H,7H2,1-2H3,(H2,16,17,18,19). The van der Waals surface area contributed by atoms with Crippen molar-refractivity contribution in [3.8, 4) is 5.75 Å². The van der Waals surface area contributed by atoms with Gasteiger partial charge >= 0.3 is 0 Å². The zero-order chi connectivity index (χ0) is 14.1. The number of ether oxygens (including phenoxy) is 1. The summed E-state index contributed by atoms with van der Waals surface area (Å²) in [7, 11) is 0. The van der Waals surface area contributed by atoms with Crippen LogP contribution >= 0.6 is 0 Å². The smallest absolute Gasteiger partial charge is 0.268 e. The fourth-order valence-electron chi connectivity index (χ4n) is 2.06. The van der Waals surface area contributed by atoms with E-state index in [9.17, 15) is 4.79 Å². The van der Waals surface area contributed by atoms with E-state index in [4.69, 9.17) is 4.74 Å². The Labute approximate surface area is 116 Å². The third-order valence-corrected chi connectivity index (χ3v) is 3.42. The molecule has 3 N–H and O–H groups in total. The van der Waals surface area contributed by atoms with Gasteiger partial charge < -0.3 is 15.4 Å². The number of H-pyrrole nitrogens is 1. The number of nitrogens with one attached hydrogen (secondary N) is 3. The van der Waals surface area contributed by atoms with E-state index in [1.165, 1.54) is 0 Å². The molecule has 0 bridgehead atoms. The summed E-state index contributed by atoms with van der Waals surface area (Å²) in [4.78, 5) is 12.2. The molecule has 0 saturated carbocycles. The van der Waals surface area contributed by atoms with Crippen molar-refractivity contribution in [3.63, 3.8) is 0 Å². The van der Waals surface area contributed by atoms with Crippen LogP contribution in [-0.4, -0.2) is 28.8 Å². The minimum Gasteiger partial charge on any atom is -0.477 e. The van der Waals surface area contributed by atoms with Crippen LogP contribution in [0.15, 0.2) is 24.3 Å². The number of hydrogen-bond donors (Lipinski definition) is 3. The number of aromatic amines is 1. The van der Waals surface area contributed by atoms with Crippen LogP contribution in [0.1, 0.15) is 11.3 Å². The average molecular weight is 272 g/mol. The zero-order valence-corrected chi connectivity index (χ0v) is 11.4. The van der Waals surface area contributed by atoms with Gasteiger partial charge in [0.2, 0.25) is 0 Å². The Kier molecular flexibility index (Phi) is 3.06. The summed E-state index contributed by atoms with van der Waals surface area (Å²) < 4.78 is 5.70. The van der Waals surface area contributed by atoms with Crippen LogP contribution in [0.5, 0.6) is 5.75 Å². The maximum absolute atomic E-state index is 12.2. The van der Waals surface area contributed by atoms with Crippen LogP contribution in [0, 0.1) is 13.8 Å². The molecule has 1 amide bonds. The van der Waals surface area contributed by atoms with Gasteiger partial charge in [0.15, 0.2) is 11.9 Å². The Morgan fingerprint density at radius 1 is 1.40 bits per heavy atom. The predicted molar refractivity (Wildman–Crippen MR) is 76.0 cm³/mol. The lowest BCUT2D eigenvalue weighted by Crippen LogP contribution is -2.41. The molecular formula is C14H16N4O2. The molecule has 0 radical (unpaired) electrons. The molecule has 1 atom stereocenters. The second-order valence-corrected chi connectivity index (χ2v) is 4.80. The Morgan fingerprint density at radius 2 is 2.20 bits per heavy atom. The Bertz CT molecular complexity index is 650. The number of anilines is 2. The van der Waals surface area contributed by atoms with Crippen LogP contribution in [0.3, 0.4) is 0 Å². The largest absolute Gasteiger partial charge is 0.477 e. The molecule has 1 aliphatic rings. The number of benzene rings is 1. The fraction of sp³-hybridized carbons (Fsp3) is 0.286. The Morgan fingerprint density at radius 3 is 2.95 bits per heavy atom. The molecule has 0 aliphatic carbocycles. The molecule has 2 heterocycles. The van der Waals surface area contributed by atoms with Gasteiger partial charge in [0.25, 0.3) is 5.91 Å². The van der Waals surface area contributed by atoms with Crippen LogP contribution in [0.2, 0.25) is 0 Å². The van der Waals surface area contributed by atoms with Gasteiger partial charge in [0.1, 0.15) is 5.75 Å². The normalized spacial score (nSPS) is 16.8. The number of carbonyl (C=O) groups excluding carboxylic acids is 1. The first kappa shape index (κ1) is 12.5. The van der Waals surface area contributed by atoms with Gasteiger partial charge in [-0.3, -0.25) is 9.89 Å².